The van der Waals surface area contributed by atoms with E-state index in [1.807, 2.05) is 35.6 Å². The van der Waals surface area contributed by atoms with Crippen LogP contribution in [-0.4, -0.2) is 15.0 Å². The van der Waals surface area contributed by atoms with Crippen molar-refractivity contribution in [3.63, 3.8) is 0 Å². The van der Waals surface area contributed by atoms with E-state index in [0.29, 0.717) is 5.82 Å². The van der Waals surface area contributed by atoms with Gasteiger partial charge in [-0.05, 0) is 41.0 Å². The third-order valence-electron chi connectivity index (χ3n) is 10.9. The van der Waals surface area contributed by atoms with Crippen molar-refractivity contribution in [1.82, 2.24) is 15.0 Å². The molecule has 0 aliphatic heterocycles. The lowest BCUT2D eigenvalue weighted by Crippen LogP contribution is -1.96. The monoisotopic (exact) mass is 743 g/mol. The smallest absolute Gasteiger partial charge is 0.160 e. The van der Waals surface area contributed by atoms with Gasteiger partial charge in [-0.3, -0.25) is 0 Å². The molecule has 0 unspecified atom stereocenters. The molecule has 0 aliphatic carbocycles. The summed E-state index contributed by atoms with van der Waals surface area (Å²) in [7, 11) is 0. The Hall–Kier alpha value is -7.27. The highest BCUT2D eigenvalue weighted by Gasteiger charge is 2.20. The van der Waals surface area contributed by atoms with Gasteiger partial charge in [-0.15, -0.1) is 11.3 Å². The van der Waals surface area contributed by atoms with Gasteiger partial charge in [-0.25, -0.2) is 15.0 Å². The highest BCUT2D eigenvalue weighted by Crippen LogP contribution is 2.48. The van der Waals surface area contributed by atoms with Gasteiger partial charge in [0, 0.05) is 64.1 Å². The summed E-state index contributed by atoms with van der Waals surface area (Å²) in [5.41, 5.74) is 12.7. The number of hydrogen-bond acceptors (Lipinski definition) is 4. The summed E-state index contributed by atoms with van der Waals surface area (Å²) in [5.74, 6) is 0.710. The molecule has 0 N–H and O–H groups in total. The van der Waals surface area contributed by atoms with E-state index >= 15 is 0 Å². The Bertz CT molecular complexity index is 3190. The van der Waals surface area contributed by atoms with Gasteiger partial charge in [0.25, 0.3) is 0 Å². The fraction of sp³-hybridized carbons (Fsp3) is 0. The minimum absolute atomic E-state index is 0.710. The molecule has 4 heteroatoms. The molecular weight excluding hydrogens is 711 g/mol. The lowest BCUT2D eigenvalue weighted by Gasteiger charge is -2.15. The van der Waals surface area contributed by atoms with E-state index in [1.165, 1.54) is 47.6 Å². The molecule has 11 aromatic rings. The first kappa shape index (κ1) is 33.1. The number of nitrogens with zero attached hydrogens (tertiary/aromatic N) is 3. The molecule has 3 nitrogen and oxygen atoms in total. The van der Waals surface area contributed by atoms with Crippen molar-refractivity contribution in [2.75, 3.05) is 0 Å². The quantitative estimate of drug-likeness (QED) is 0.159. The second-order valence-corrected chi connectivity index (χ2v) is 15.4. The molecule has 8 aromatic carbocycles. The normalized spacial score (nSPS) is 11.5. The molecule has 0 saturated carbocycles. The Labute approximate surface area is 334 Å². The molecule has 11 rings (SSSR count). The topological polar surface area (TPSA) is 38.7 Å². The summed E-state index contributed by atoms with van der Waals surface area (Å²) in [5, 5.41) is 6.11. The Balaban J connectivity index is 1.11. The molecule has 0 saturated heterocycles. The van der Waals surface area contributed by atoms with Gasteiger partial charge < -0.3 is 0 Å². The maximum Gasteiger partial charge on any atom is 0.160 e. The van der Waals surface area contributed by atoms with Crippen molar-refractivity contribution >= 4 is 53.2 Å². The van der Waals surface area contributed by atoms with Crippen LogP contribution >= 0.6 is 11.3 Å². The molecule has 57 heavy (non-hydrogen) atoms. The zero-order valence-corrected chi connectivity index (χ0v) is 31.6. The molecule has 0 radical (unpaired) electrons. The number of hydrogen-bond donors (Lipinski definition) is 0. The van der Waals surface area contributed by atoms with E-state index in [1.54, 1.807) is 0 Å². The van der Waals surface area contributed by atoms with Gasteiger partial charge >= 0.3 is 0 Å². The third kappa shape index (κ3) is 5.86. The molecule has 0 bridgehead atoms. The Kier molecular flexibility index (Phi) is 8.01. The molecule has 0 fully saturated rings. The molecule has 0 spiro atoms. The van der Waals surface area contributed by atoms with Gasteiger partial charge in [0.05, 0.1) is 22.6 Å². The second-order valence-electron chi connectivity index (χ2n) is 14.3. The SMILES string of the molecule is c1ccc(-c2ccc(-c3nc4ccccc4c4c3cc(-c3ccc(-c5cc(-c6ccccc6)nc(-c6ccccc6)n5)cc3)c3sc5ccccc5c34)cc2)cc1. The number of benzene rings is 8. The number of thiophene rings is 1. The number of fused-ring (bicyclic) bond motifs is 7. The van der Waals surface area contributed by atoms with E-state index < -0.39 is 0 Å². The molecular formula is C53H33N3S. The lowest BCUT2D eigenvalue weighted by atomic mass is 9.91. The first-order valence-electron chi connectivity index (χ1n) is 19.2. The van der Waals surface area contributed by atoms with Gasteiger partial charge in [-0.1, -0.05) is 176 Å². The van der Waals surface area contributed by atoms with Crippen molar-refractivity contribution in [3.05, 3.63) is 200 Å². The van der Waals surface area contributed by atoms with Gasteiger partial charge in [0.2, 0.25) is 0 Å². The molecule has 0 atom stereocenters. The van der Waals surface area contributed by atoms with Crippen LogP contribution in [-0.2, 0) is 0 Å². The maximum atomic E-state index is 5.39. The van der Waals surface area contributed by atoms with Crippen LogP contribution in [0.4, 0.5) is 0 Å². The molecule has 3 aromatic heterocycles. The Morgan fingerprint density at radius 2 is 0.842 bits per heavy atom. The van der Waals surface area contributed by atoms with Crippen LogP contribution in [0.2, 0.25) is 0 Å². The predicted octanol–water partition coefficient (Wildman–Crippen LogP) is 14.5. The van der Waals surface area contributed by atoms with Crippen molar-refractivity contribution in [2.24, 2.45) is 0 Å². The van der Waals surface area contributed by atoms with Crippen molar-refractivity contribution < 1.29 is 0 Å². The van der Waals surface area contributed by atoms with Crippen LogP contribution in [0, 0.1) is 0 Å². The zero-order valence-electron chi connectivity index (χ0n) is 30.8. The van der Waals surface area contributed by atoms with Crippen LogP contribution < -0.4 is 0 Å². The summed E-state index contributed by atoms with van der Waals surface area (Å²) < 4.78 is 2.55. The summed E-state index contributed by atoms with van der Waals surface area (Å²) in [4.78, 5) is 15.5. The number of pyridine rings is 1. The standard InChI is InChI=1S/C53H33N3S/c1-4-14-34(15-5-1)35-24-30-39(31-25-35)51-44-32-43(52-50(42-21-11-13-23-48(42)57-52)49(44)41-20-10-12-22-45(41)54-51)36-26-28-38(29-27-36)47-33-46(37-16-6-2-7-17-37)55-53(56-47)40-18-8-3-9-19-40/h1-33H. The van der Waals surface area contributed by atoms with E-state index in [4.69, 9.17) is 15.0 Å². The number of rotatable bonds is 6. The first-order chi connectivity index (χ1) is 28.2. The van der Waals surface area contributed by atoms with Crippen LogP contribution in [0.5, 0.6) is 0 Å². The van der Waals surface area contributed by atoms with E-state index in [-0.39, 0.29) is 0 Å². The summed E-state index contributed by atoms with van der Waals surface area (Å²) in [6.07, 6.45) is 0. The van der Waals surface area contributed by atoms with Crippen LogP contribution in [0.25, 0.3) is 109 Å². The summed E-state index contributed by atoms with van der Waals surface area (Å²) >= 11 is 1.87. The number of para-hydroxylation sites is 1. The fourth-order valence-corrected chi connectivity index (χ4v) is 9.35. The Morgan fingerprint density at radius 1 is 0.333 bits per heavy atom. The molecule has 266 valence electrons. The highest BCUT2D eigenvalue weighted by atomic mass is 32.1. The summed E-state index contributed by atoms with van der Waals surface area (Å²) in [6.45, 7) is 0. The second kappa shape index (κ2) is 13.8. The van der Waals surface area contributed by atoms with Crippen molar-refractivity contribution in [3.8, 4) is 67.4 Å². The molecule has 0 amide bonds. The van der Waals surface area contributed by atoms with E-state index in [0.717, 1.165) is 55.8 Å². The maximum absolute atomic E-state index is 5.39. The van der Waals surface area contributed by atoms with E-state index in [2.05, 4.69) is 176 Å². The van der Waals surface area contributed by atoms with Gasteiger partial charge in [0.1, 0.15) is 0 Å². The van der Waals surface area contributed by atoms with Gasteiger partial charge in [-0.2, -0.15) is 0 Å². The van der Waals surface area contributed by atoms with Gasteiger partial charge in [0.15, 0.2) is 5.82 Å². The minimum atomic E-state index is 0.710. The fourth-order valence-electron chi connectivity index (χ4n) is 8.10. The van der Waals surface area contributed by atoms with Crippen LogP contribution in [0.3, 0.4) is 0 Å². The first-order valence-corrected chi connectivity index (χ1v) is 20.0. The number of aromatic nitrogens is 3. The highest BCUT2D eigenvalue weighted by molar-refractivity contribution is 7.26. The minimum Gasteiger partial charge on any atom is -0.247 e. The third-order valence-corrected chi connectivity index (χ3v) is 12.1. The van der Waals surface area contributed by atoms with Crippen molar-refractivity contribution in [1.29, 1.82) is 0 Å². The molecule has 3 heterocycles. The average molecular weight is 744 g/mol. The largest absolute Gasteiger partial charge is 0.247 e. The average Bonchev–Trinajstić information content (AvgIpc) is 3.69. The Morgan fingerprint density at radius 3 is 1.54 bits per heavy atom. The van der Waals surface area contributed by atoms with Crippen LogP contribution in [0.15, 0.2) is 200 Å². The zero-order chi connectivity index (χ0) is 37.7. The van der Waals surface area contributed by atoms with Crippen LogP contribution in [0.1, 0.15) is 0 Å². The molecule has 0 aliphatic rings. The lowest BCUT2D eigenvalue weighted by molar-refractivity contribution is 1.18. The predicted molar refractivity (Wildman–Crippen MR) is 240 cm³/mol. The van der Waals surface area contributed by atoms with E-state index in [9.17, 15) is 0 Å². The van der Waals surface area contributed by atoms with Crippen molar-refractivity contribution in [2.45, 2.75) is 0 Å². The summed E-state index contributed by atoms with van der Waals surface area (Å²) in [6, 6.07) is 70.7.